The molecule has 1 aliphatic rings. The van der Waals surface area contributed by atoms with Gasteiger partial charge in [0.05, 0.1) is 37.7 Å². The number of rotatable bonds is 7. The van der Waals surface area contributed by atoms with E-state index >= 15 is 0 Å². The number of benzene rings is 1. The van der Waals surface area contributed by atoms with Crippen LogP contribution in [0.15, 0.2) is 49.6 Å². The van der Waals surface area contributed by atoms with Crippen molar-refractivity contribution in [2.45, 2.75) is 18.4 Å². The first kappa shape index (κ1) is 22.1. The molecule has 1 aromatic heterocycles. The molecule has 0 spiro atoms. The number of halogens is 2. The standard InChI is InChI=1S/C17H18Cl2N2O3.HNO3/c1-2-7-22-9-14-10-23-17(24-14,11-21-6-5-20-12-21)15-4-3-13(18)8-16(15)19;2-1(3)4/h2-6,8,12,14H,1,7,9-11H2;(H,2,3,4)/t14-,17-;/m1./s1. The molecular weight excluding hydrogens is 413 g/mol. The highest BCUT2D eigenvalue weighted by Gasteiger charge is 2.45. The van der Waals surface area contributed by atoms with Gasteiger partial charge in [-0.05, 0) is 12.1 Å². The zero-order valence-corrected chi connectivity index (χ0v) is 16.3. The van der Waals surface area contributed by atoms with Crippen LogP contribution in [0.3, 0.4) is 0 Å². The maximum atomic E-state index is 8.36. The monoisotopic (exact) mass is 431 g/mol. The average molecular weight is 432 g/mol. The Balaban J connectivity index is 0.000000640. The Labute approximate surface area is 171 Å². The van der Waals surface area contributed by atoms with Crippen molar-refractivity contribution in [2.75, 3.05) is 19.8 Å². The summed E-state index contributed by atoms with van der Waals surface area (Å²) in [7, 11) is 0. The van der Waals surface area contributed by atoms with E-state index in [4.69, 9.17) is 52.7 Å². The molecule has 2 heterocycles. The molecule has 1 N–H and O–H groups in total. The van der Waals surface area contributed by atoms with Crippen molar-refractivity contribution in [2.24, 2.45) is 0 Å². The van der Waals surface area contributed by atoms with Crippen molar-refractivity contribution >= 4 is 23.2 Å². The first-order valence-electron chi connectivity index (χ1n) is 8.11. The Hall–Kier alpha value is -2.17. The van der Waals surface area contributed by atoms with E-state index in [1.54, 1.807) is 30.7 Å². The van der Waals surface area contributed by atoms with Crippen LogP contribution in [0.5, 0.6) is 0 Å². The largest absolute Gasteiger partial charge is 0.375 e. The fraction of sp³-hybridized carbons (Fsp3) is 0.353. The molecule has 11 heteroatoms. The van der Waals surface area contributed by atoms with Crippen LogP contribution in [0.1, 0.15) is 5.56 Å². The van der Waals surface area contributed by atoms with Gasteiger partial charge in [0.1, 0.15) is 6.10 Å². The first-order chi connectivity index (χ1) is 13.4. The van der Waals surface area contributed by atoms with E-state index in [1.165, 1.54) is 0 Å². The molecule has 9 nitrogen and oxygen atoms in total. The van der Waals surface area contributed by atoms with E-state index in [0.717, 1.165) is 5.56 Å². The van der Waals surface area contributed by atoms with Crippen molar-refractivity contribution < 1.29 is 24.5 Å². The maximum Gasteiger partial charge on any atom is 0.291 e. The molecule has 1 aliphatic heterocycles. The molecule has 2 aromatic rings. The van der Waals surface area contributed by atoms with E-state index < -0.39 is 10.9 Å². The van der Waals surface area contributed by atoms with Crippen LogP contribution in [0, 0.1) is 10.1 Å². The highest BCUT2D eigenvalue weighted by Crippen LogP contribution is 2.40. The summed E-state index contributed by atoms with van der Waals surface area (Å²) in [6, 6.07) is 5.28. The topological polar surface area (TPSA) is 109 Å². The van der Waals surface area contributed by atoms with Gasteiger partial charge in [-0.2, -0.15) is 0 Å². The third-order valence-corrected chi connectivity index (χ3v) is 4.24. The lowest BCUT2D eigenvalue weighted by Gasteiger charge is -2.30. The normalized spacial score (nSPS) is 21.0. The van der Waals surface area contributed by atoms with Gasteiger partial charge in [0.2, 0.25) is 5.79 Å². The van der Waals surface area contributed by atoms with Crippen molar-refractivity contribution in [3.8, 4) is 0 Å². The Morgan fingerprint density at radius 2 is 2.29 bits per heavy atom. The molecule has 2 atom stereocenters. The second-order valence-electron chi connectivity index (χ2n) is 5.73. The fourth-order valence-electron chi connectivity index (χ4n) is 2.66. The fourth-order valence-corrected chi connectivity index (χ4v) is 3.21. The van der Waals surface area contributed by atoms with Gasteiger partial charge in [0, 0.05) is 23.0 Å². The maximum absolute atomic E-state index is 8.36. The molecule has 1 fully saturated rings. The van der Waals surface area contributed by atoms with Crippen molar-refractivity contribution in [1.29, 1.82) is 0 Å². The smallest absolute Gasteiger partial charge is 0.291 e. The number of imidazole rings is 1. The van der Waals surface area contributed by atoms with Crippen molar-refractivity contribution in [3.63, 3.8) is 0 Å². The van der Waals surface area contributed by atoms with E-state index in [1.807, 2.05) is 16.8 Å². The molecule has 28 heavy (non-hydrogen) atoms. The molecule has 0 amide bonds. The highest BCUT2D eigenvalue weighted by molar-refractivity contribution is 6.35. The van der Waals surface area contributed by atoms with Crippen LogP contribution >= 0.6 is 23.2 Å². The van der Waals surface area contributed by atoms with Gasteiger partial charge in [-0.15, -0.1) is 16.7 Å². The first-order valence-corrected chi connectivity index (χ1v) is 8.87. The molecule has 1 aromatic carbocycles. The van der Waals surface area contributed by atoms with Gasteiger partial charge in [0.25, 0.3) is 5.09 Å². The minimum Gasteiger partial charge on any atom is -0.375 e. The van der Waals surface area contributed by atoms with E-state index in [-0.39, 0.29) is 6.10 Å². The Morgan fingerprint density at radius 1 is 1.54 bits per heavy atom. The number of aromatic nitrogens is 2. The molecular formula is C17H19Cl2N3O6. The minimum absolute atomic E-state index is 0.194. The second kappa shape index (κ2) is 10.4. The van der Waals surface area contributed by atoms with E-state index in [9.17, 15) is 0 Å². The summed E-state index contributed by atoms with van der Waals surface area (Å²) in [4.78, 5) is 12.4. The zero-order valence-electron chi connectivity index (χ0n) is 14.7. The summed E-state index contributed by atoms with van der Waals surface area (Å²) in [5.74, 6) is -1.01. The van der Waals surface area contributed by atoms with Crippen LogP contribution in [-0.4, -0.2) is 45.8 Å². The zero-order chi connectivity index (χ0) is 20.6. The predicted octanol–water partition coefficient (Wildman–Crippen LogP) is 3.31. The van der Waals surface area contributed by atoms with Gasteiger partial charge in [-0.1, -0.05) is 35.3 Å². The Morgan fingerprint density at radius 3 is 2.89 bits per heavy atom. The lowest BCUT2D eigenvalue weighted by atomic mass is 10.1. The number of ether oxygens (including phenoxy) is 3. The molecule has 3 rings (SSSR count). The second-order valence-corrected chi connectivity index (χ2v) is 6.57. The SMILES string of the molecule is C=CCOC[C@@H]1CO[C@@](Cn2ccnc2)(c2ccc(Cl)cc2Cl)O1.O=[N+]([O-])O. The Bertz CT molecular complexity index is 785. The van der Waals surface area contributed by atoms with Crippen LogP contribution in [0.4, 0.5) is 0 Å². The third kappa shape index (κ3) is 6.18. The lowest BCUT2D eigenvalue weighted by Crippen LogP contribution is -2.34. The van der Waals surface area contributed by atoms with Gasteiger partial charge >= 0.3 is 0 Å². The predicted molar refractivity (Wildman–Crippen MR) is 101 cm³/mol. The molecule has 1 saturated heterocycles. The molecule has 0 radical (unpaired) electrons. The number of hydrogen-bond donors (Lipinski definition) is 1. The van der Waals surface area contributed by atoms with Crippen LogP contribution in [0.25, 0.3) is 0 Å². The number of nitrogens with zero attached hydrogens (tertiary/aromatic N) is 3. The molecule has 0 saturated carbocycles. The van der Waals surface area contributed by atoms with E-state index in [0.29, 0.717) is 36.4 Å². The summed E-state index contributed by atoms with van der Waals surface area (Å²) in [5, 5.41) is 14.7. The van der Waals surface area contributed by atoms with Crippen molar-refractivity contribution in [1.82, 2.24) is 9.55 Å². The van der Waals surface area contributed by atoms with E-state index in [2.05, 4.69) is 11.6 Å². The van der Waals surface area contributed by atoms with Gasteiger partial charge < -0.3 is 24.0 Å². The summed E-state index contributed by atoms with van der Waals surface area (Å²) < 4.78 is 19.6. The highest BCUT2D eigenvalue weighted by atomic mass is 35.5. The number of hydrogen-bond acceptors (Lipinski definition) is 6. The van der Waals surface area contributed by atoms with Crippen LogP contribution in [0.2, 0.25) is 10.0 Å². The molecule has 0 aliphatic carbocycles. The van der Waals surface area contributed by atoms with Gasteiger partial charge in [-0.25, -0.2) is 4.98 Å². The molecule has 0 bridgehead atoms. The van der Waals surface area contributed by atoms with Crippen molar-refractivity contribution in [3.05, 3.63) is 75.3 Å². The quantitative estimate of drug-likeness (QED) is 0.309. The summed E-state index contributed by atoms with van der Waals surface area (Å²) in [6.07, 6.45) is 6.77. The summed E-state index contributed by atoms with van der Waals surface area (Å²) >= 11 is 12.4. The summed E-state index contributed by atoms with van der Waals surface area (Å²) in [5.41, 5.74) is 0.730. The lowest BCUT2D eigenvalue weighted by molar-refractivity contribution is -0.742. The van der Waals surface area contributed by atoms with Gasteiger partial charge in [-0.3, -0.25) is 0 Å². The average Bonchev–Trinajstić information content (AvgIpc) is 3.26. The molecule has 0 unspecified atom stereocenters. The summed E-state index contributed by atoms with van der Waals surface area (Å²) in [6.45, 7) is 5.35. The van der Waals surface area contributed by atoms with Crippen LogP contribution < -0.4 is 0 Å². The Kier molecular flexibility index (Phi) is 8.21. The third-order valence-electron chi connectivity index (χ3n) is 3.69. The van der Waals surface area contributed by atoms with Gasteiger partial charge in [0.15, 0.2) is 0 Å². The van der Waals surface area contributed by atoms with Crippen LogP contribution in [-0.2, 0) is 26.5 Å². The molecule has 152 valence electrons. The minimum atomic E-state index is -1.50.